The molecule has 1 aliphatic heterocycles. The van der Waals surface area contributed by atoms with Gasteiger partial charge in [-0.05, 0) is 23.6 Å². The van der Waals surface area contributed by atoms with Crippen molar-refractivity contribution in [3.63, 3.8) is 0 Å². The zero-order valence-electron chi connectivity index (χ0n) is 13.3. The van der Waals surface area contributed by atoms with Crippen LogP contribution in [-0.4, -0.2) is 34.3 Å². The van der Waals surface area contributed by atoms with E-state index in [-0.39, 0.29) is 17.5 Å². The summed E-state index contributed by atoms with van der Waals surface area (Å²) in [5.74, 6) is -0.0912. The zero-order valence-corrected chi connectivity index (χ0v) is 13.3. The van der Waals surface area contributed by atoms with E-state index in [1.807, 2.05) is 30.3 Å². The number of pyridine rings is 1. The summed E-state index contributed by atoms with van der Waals surface area (Å²) in [6, 6.07) is 12.6. The van der Waals surface area contributed by atoms with E-state index in [1.54, 1.807) is 16.8 Å². The maximum Gasteiger partial charge on any atom is 0.250 e. The third kappa shape index (κ3) is 4.10. The van der Waals surface area contributed by atoms with E-state index in [4.69, 9.17) is 0 Å². The molecule has 2 atom stereocenters. The van der Waals surface area contributed by atoms with Crippen LogP contribution >= 0.6 is 0 Å². The van der Waals surface area contributed by atoms with E-state index in [0.717, 1.165) is 11.1 Å². The van der Waals surface area contributed by atoms with Gasteiger partial charge in [0.2, 0.25) is 5.91 Å². The SMILES string of the molecule is O=C(NCc1ccc(Cn2ccccc2=O)cc1)[C@H]1C[C@H](O)CN1. The van der Waals surface area contributed by atoms with Crippen LogP contribution in [0, 0.1) is 0 Å². The molecule has 3 rings (SSSR count). The summed E-state index contributed by atoms with van der Waals surface area (Å²) in [7, 11) is 0. The van der Waals surface area contributed by atoms with Crippen LogP contribution in [0.4, 0.5) is 0 Å². The fourth-order valence-corrected chi connectivity index (χ4v) is 2.78. The van der Waals surface area contributed by atoms with Gasteiger partial charge in [-0.3, -0.25) is 9.59 Å². The molecule has 1 amide bonds. The zero-order chi connectivity index (χ0) is 16.9. The van der Waals surface area contributed by atoms with Crippen LogP contribution in [0.15, 0.2) is 53.5 Å². The lowest BCUT2D eigenvalue weighted by atomic mass is 10.1. The number of carbonyl (C=O) groups is 1. The number of benzene rings is 1. The number of nitrogens with zero attached hydrogens (tertiary/aromatic N) is 1. The number of aliphatic hydroxyl groups is 1. The number of carbonyl (C=O) groups excluding carboxylic acids is 1. The van der Waals surface area contributed by atoms with Crippen molar-refractivity contribution in [3.05, 3.63) is 70.1 Å². The lowest BCUT2D eigenvalue weighted by molar-refractivity contribution is -0.123. The summed E-state index contributed by atoms with van der Waals surface area (Å²) in [6.07, 6.45) is 1.78. The van der Waals surface area contributed by atoms with Crippen molar-refractivity contribution in [2.24, 2.45) is 0 Å². The lowest BCUT2D eigenvalue weighted by Crippen LogP contribution is -2.39. The summed E-state index contributed by atoms with van der Waals surface area (Å²) in [6.45, 7) is 1.43. The summed E-state index contributed by atoms with van der Waals surface area (Å²) in [5, 5.41) is 15.3. The molecule has 0 bridgehead atoms. The van der Waals surface area contributed by atoms with Gasteiger partial charge in [0, 0.05) is 25.4 Å². The van der Waals surface area contributed by atoms with E-state index >= 15 is 0 Å². The smallest absolute Gasteiger partial charge is 0.250 e. The molecule has 0 spiro atoms. The molecule has 2 aromatic rings. The van der Waals surface area contributed by atoms with Crippen LogP contribution in [0.1, 0.15) is 17.5 Å². The Bertz CT molecular complexity index is 755. The number of rotatable bonds is 5. The Morgan fingerprint density at radius 2 is 1.96 bits per heavy atom. The molecule has 0 unspecified atom stereocenters. The van der Waals surface area contributed by atoms with Gasteiger partial charge in [0.05, 0.1) is 18.7 Å². The second kappa shape index (κ2) is 7.42. The van der Waals surface area contributed by atoms with E-state index in [2.05, 4.69) is 10.6 Å². The average molecular weight is 327 g/mol. The second-order valence-electron chi connectivity index (χ2n) is 6.05. The summed E-state index contributed by atoms with van der Waals surface area (Å²) < 4.78 is 1.65. The van der Waals surface area contributed by atoms with Crippen molar-refractivity contribution >= 4 is 5.91 Å². The van der Waals surface area contributed by atoms with E-state index < -0.39 is 6.10 Å². The Balaban J connectivity index is 1.54. The molecule has 1 saturated heterocycles. The first-order chi connectivity index (χ1) is 11.6. The molecule has 24 heavy (non-hydrogen) atoms. The van der Waals surface area contributed by atoms with Gasteiger partial charge in [0.15, 0.2) is 0 Å². The van der Waals surface area contributed by atoms with Crippen LogP contribution < -0.4 is 16.2 Å². The van der Waals surface area contributed by atoms with Crippen molar-refractivity contribution < 1.29 is 9.90 Å². The van der Waals surface area contributed by atoms with Crippen LogP contribution in [0.3, 0.4) is 0 Å². The number of hydrogen-bond donors (Lipinski definition) is 3. The number of hydrogen-bond acceptors (Lipinski definition) is 4. The monoisotopic (exact) mass is 327 g/mol. The van der Waals surface area contributed by atoms with Crippen LogP contribution in [0.5, 0.6) is 0 Å². The molecule has 1 aliphatic rings. The first-order valence-corrected chi connectivity index (χ1v) is 8.04. The quantitative estimate of drug-likeness (QED) is 0.734. The van der Waals surface area contributed by atoms with Crippen molar-refractivity contribution in [1.29, 1.82) is 0 Å². The molecule has 0 saturated carbocycles. The van der Waals surface area contributed by atoms with Crippen LogP contribution in [0.2, 0.25) is 0 Å². The highest BCUT2D eigenvalue weighted by Gasteiger charge is 2.27. The highest BCUT2D eigenvalue weighted by molar-refractivity contribution is 5.82. The predicted octanol–water partition coefficient (Wildman–Crippen LogP) is 0.236. The summed E-state index contributed by atoms with van der Waals surface area (Å²) in [5.41, 5.74) is 1.99. The second-order valence-corrected chi connectivity index (χ2v) is 6.05. The molecule has 1 aromatic carbocycles. The third-order valence-corrected chi connectivity index (χ3v) is 4.17. The minimum absolute atomic E-state index is 0.0277. The first-order valence-electron chi connectivity index (χ1n) is 8.04. The number of aliphatic hydroxyl groups excluding tert-OH is 1. The van der Waals surface area contributed by atoms with Gasteiger partial charge in [0.1, 0.15) is 0 Å². The molecular formula is C18H21N3O3. The highest BCUT2D eigenvalue weighted by Crippen LogP contribution is 2.08. The Kier molecular flexibility index (Phi) is 5.08. The van der Waals surface area contributed by atoms with Gasteiger partial charge >= 0.3 is 0 Å². The number of nitrogens with one attached hydrogen (secondary N) is 2. The Labute approximate surface area is 140 Å². The molecule has 6 heteroatoms. The van der Waals surface area contributed by atoms with Gasteiger partial charge in [-0.2, -0.15) is 0 Å². The van der Waals surface area contributed by atoms with Gasteiger partial charge in [-0.15, -0.1) is 0 Å². The van der Waals surface area contributed by atoms with Gasteiger partial charge in [-0.25, -0.2) is 0 Å². The average Bonchev–Trinajstić information content (AvgIpc) is 3.03. The molecule has 1 fully saturated rings. The minimum Gasteiger partial charge on any atom is -0.392 e. The maximum absolute atomic E-state index is 12.0. The molecule has 1 aromatic heterocycles. The molecule has 0 radical (unpaired) electrons. The molecule has 2 heterocycles. The van der Waals surface area contributed by atoms with Crippen molar-refractivity contribution in [2.75, 3.05) is 6.54 Å². The molecule has 3 N–H and O–H groups in total. The predicted molar refractivity (Wildman–Crippen MR) is 90.5 cm³/mol. The standard InChI is InChI=1S/C18H21N3O3/c22-15-9-16(19-11-15)18(24)20-10-13-4-6-14(7-5-13)12-21-8-2-1-3-17(21)23/h1-8,15-16,19,22H,9-12H2,(H,20,24)/t15-,16+/m0/s1. The Morgan fingerprint density at radius 3 is 2.62 bits per heavy atom. The van der Waals surface area contributed by atoms with Crippen molar-refractivity contribution in [2.45, 2.75) is 31.7 Å². The first kappa shape index (κ1) is 16.4. The highest BCUT2D eigenvalue weighted by atomic mass is 16.3. The molecule has 0 aliphatic carbocycles. The lowest BCUT2D eigenvalue weighted by Gasteiger charge is -2.11. The van der Waals surface area contributed by atoms with Crippen LogP contribution in [0.25, 0.3) is 0 Å². The van der Waals surface area contributed by atoms with E-state index in [1.165, 1.54) is 6.07 Å². The normalized spacial score (nSPS) is 20.0. The Morgan fingerprint density at radius 1 is 1.21 bits per heavy atom. The minimum atomic E-state index is -0.443. The molecule has 126 valence electrons. The third-order valence-electron chi connectivity index (χ3n) is 4.17. The van der Waals surface area contributed by atoms with Crippen molar-refractivity contribution in [3.8, 4) is 0 Å². The number of aromatic nitrogens is 1. The number of β-amino-alcohol motifs (C(OH)–C–C–N with tert-alkyl or cyclic N) is 1. The van der Waals surface area contributed by atoms with E-state index in [9.17, 15) is 14.7 Å². The summed E-state index contributed by atoms with van der Waals surface area (Å²) in [4.78, 5) is 23.7. The molecular weight excluding hydrogens is 306 g/mol. The summed E-state index contributed by atoms with van der Waals surface area (Å²) >= 11 is 0. The van der Waals surface area contributed by atoms with E-state index in [0.29, 0.717) is 26.1 Å². The number of amides is 1. The van der Waals surface area contributed by atoms with Gasteiger partial charge in [-0.1, -0.05) is 30.3 Å². The Hall–Kier alpha value is -2.44. The fraction of sp³-hybridized carbons (Fsp3) is 0.333. The van der Waals surface area contributed by atoms with Gasteiger partial charge in [0.25, 0.3) is 5.56 Å². The maximum atomic E-state index is 12.0. The molecule has 6 nitrogen and oxygen atoms in total. The fourth-order valence-electron chi connectivity index (χ4n) is 2.78. The van der Waals surface area contributed by atoms with Gasteiger partial charge < -0.3 is 20.3 Å². The largest absolute Gasteiger partial charge is 0.392 e. The topological polar surface area (TPSA) is 83.4 Å². The van der Waals surface area contributed by atoms with Crippen molar-refractivity contribution in [1.82, 2.24) is 15.2 Å². The van der Waals surface area contributed by atoms with Crippen LogP contribution in [-0.2, 0) is 17.9 Å².